The van der Waals surface area contributed by atoms with E-state index in [1.807, 2.05) is 0 Å². The molecule has 3 unspecified atom stereocenters. The Labute approximate surface area is 131 Å². The van der Waals surface area contributed by atoms with E-state index in [4.69, 9.17) is 26.9 Å². The van der Waals surface area contributed by atoms with Crippen molar-refractivity contribution in [3.63, 3.8) is 0 Å². The fourth-order valence-corrected chi connectivity index (χ4v) is 3.95. The molecule has 0 amide bonds. The first-order valence-corrected chi connectivity index (χ1v) is 8.71. The molecular weight excluding hydrogens is 286 g/mol. The van der Waals surface area contributed by atoms with Gasteiger partial charge in [-0.15, -0.1) is 0 Å². The second-order valence-electron chi connectivity index (χ2n) is 5.72. The maximum absolute atomic E-state index is 8.66. The van der Waals surface area contributed by atoms with Crippen molar-refractivity contribution >= 4 is 16.4 Å². The molecule has 1 saturated heterocycles. The molecule has 0 aliphatic carbocycles. The molecule has 0 saturated carbocycles. The van der Waals surface area contributed by atoms with Gasteiger partial charge in [-0.2, -0.15) is 5.26 Å². The molecule has 0 spiro atoms. The largest absolute Gasteiger partial charge is 0.382 e. The summed E-state index contributed by atoms with van der Waals surface area (Å²) < 4.78 is 19.6. The van der Waals surface area contributed by atoms with Crippen LogP contribution < -0.4 is 0 Å². The summed E-state index contributed by atoms with van der Waals surface area (Å²) in [6, 6.07) is 2.54. The third-order valence-corrected chi connectivity index (χ3v) is 5.25. The standard InChI is InChI=1S/C14H26BN2O3P/c1-11(2)17(12(3)4)21(18-9-5-8-16)19-10-13-6-7-14(15)20-13/h11-14H,5-7,9-10H2,1-4H3. The highest BCUT2D eigenvalue weighted by Gasteiger charge is 2.29. The van der Waals surface area contributed by atoms with Gasteiger partial charge in [0.05, 0.1) is 31.8 Å². The van der Waals surface area contributed by atoms with Crippen molar-refractivity contribution in [2.75, 3.05) is 13.2 Å². The molecule has 0 bridgehead atoms. The van der Waals surface area contributed by atoms with E-state index in [0.29, 0.717) is 31.7 Å². The lowest BCUT2D eigenvalue weighted by Gasteiger charge is -2.36. The van der Waals surface area contributed by atoms with Crippen LogP contribution in [0.15, 0.2) is 0 Å². The van der Waals surface area contributed by atoms with Crippen molar-refractivity contribution in [3.8, 4) is 6.07 Å². The Morgan fingerprint density at radius 1 is 1.29 bits per heavy atom. The predicted octanol–water partition coefficient (Wildman–Crippen LogP) is 2.95. The number of hydrogen-bond acceptors (Lipinski definition) is 5. The van der Waals surface area contributed by atoms with Gasteiger partial charge in [0.25, 0.3) is 8.53 Å². The van der Waals surface area contributed by atoms with Crippen LogP contribution >= 0.6 is 8.53 Å². The van der Waals surface area contributed by atoms with Gasteiger partial charge in [0.2, 0.25) is 0 Å². The first kappa shape index (κ1) is 18.9. The zero-order valence-corrected chi connectivity index (χ0v) is 14.4. The topological polar surface area (TPSA) is 54.7 Å². The second-order valence-corrected chi connectivity index (χ2v) is 7.17. The van der Waals surface area contributed by atoms with Gasteiger partial charge in [-0.05, 0) is 40.5 Å². The number of rotatable bonds is 9. The van der Waals surface area contributed by atoms with Crippen molar-refractivity contribution < 1.29 is 13.8 Å². The molecule has 0 N–H and O–H groups in total. The Kier molecular flexibility index (Phi) is 8.77. The maximum Gasteiger partial charge on any atom is 0.259 e. The first-order valence-electron chi connectivity index (χ1n) is 7.57. The fourth-order valence-electron chi connectivity index (χ4n) is 2.32. The number of nitriles is 1. The molecule has 21 heavy (non-hydrogen) atoms. The summed E-state index contributed by atoms with van der Waals surface area (Å²) >= 11 is 0. The lowest BCUT2D eigenvalue weighted by molar-refractivity contribution is 0.0434. The minimum Gasteiger partial charge on any atom is -0.382 e. The third kappa shape index (κ3) is 6.63. The number of hydrogen-bond donors (Lipinski definition) is 0. The maximum atomic E-state index is 8.66. The average Bonchev–Trinajstić information content (AvgIpc) is 2.80. The molecule has 2 radical (unpaired) electrons. The molecule has 1 rings (SSSR count). The molecule has 5 nitrogen and oxygen atoms in total. The van der Waals surface area contributed by atoms with E-state index in [9.17, 15) is 0 Å². The van der Waals surface area contributed by atoms with Crippen LogP contribution in [0.1, 0.15) is 47.0 Å². The zero-order chi connectivity index (χ0) is 15.8. The lowest BCUT2D eigenvalue weighted by Crippen LogP contribution is -2.34. The van der Waals surface area contributed by atoms with Gasteiger partial charge in [0.1, 0.15) is 7.85 Å². The van der Waals surface area contributed by atoms with Crippen LogP contribution in [0.5, 0.6) is 0 Å². The minimum absolute atomic E-state index is 0.0470. The van der Waals surface area contributed by atoms with Crippen LogP contribution in [0.3, 0.4) is 0 Å². The van der Waals surface area contributed by atoms with Gasteiger partial charge < -0.3 is 13.8 Å². The average molecular weight is 312 g/mol. The molecule has 0 aromatic heterocycles. The van der Waals surface area contributed by atoms with Crippen LogP contribution in [0.2, 0.25) is 0 Å². The van der Waals surface area contributed by atoms with E-state index in [1.54, 1.807) is 0 Å². The molecule has 0 aromatic carbocycles. The smallest absolute Gasteiger partial charge is 0.259 e. The number of nitrogens with zero attached hydrogens (tertiary/aromatic N) is 2. The van der Waals surface area contributed by atoms with Crippen LogP contribution in [0.4, 0.5) is 0 Å². The predicted molar refractivity (Wildman–Crippen MR) is 84.8 cm³/mol. The van der Waals surface area contributed by atoms with Crippen LogP contribution in [-0.4, -0.2) is 49.9 Å². The highest BCUT2D eigenvalue weighted by Crippen LogP contribution is 2.46. The summed E-state index contributed by atoms with van der Waals surface area (Å²) in [6.45, 7) is 9.36. The molecule has 118 valence electrons. The molecule has 1 aliphatic heterocycles. The summed E-state index contributed by atoms with van der Waals surface area (Å²) in [4.78, 5) is 0. The quantitative estimate of drug-likeness (QED) is 0.372. The van der Waals surface area contributed by atoms with Crippen LogP contribution in [-0.2, 0) is 13.8 Å². The summed E-state index contributed by atoms with van der Waals surface area (Å²) in [7, 11) is 4.55. The molecule has 1 aliphatic rings. The summed E-state index contributed by atoms with van der Waals surface area (Å²) in [5, 5.41) is 8.66. The zero-order valence-electron chi connectivity index (χ0n) is 13.5. The van der Waals surface area contributed by atoms with Gasteiger partial charge in [-0.1, -0.05) is 0 Å². The van der Waals surface area contributed by atoms with Crippen LogP contribution in [0.25, 0.3) is 0 Å². The number of ether oxygens (including phenoxy) is 1. The van der Waals surface area contributed by atoms with Gasteiger partial charge in [0, 0.05) is 18.1 Å². The third-order valence-electron chi connectivity index (χ3n) is 3.17. The summed E-state index contributed by atoms with van der Waals surface area (Å²) in [6.07, 6.45) is 2.22. The SMILES string of the molecule is [B]C1CCC(COP(OCCC#N)N(C(C)C)C(C)C)O1. The van der Waals surface area contributed by atoms with Gasteiger partial charge in [-0.3, -0.25) is 0 Å². The van der Waals surface area contributed by atoms with Crippen molar-refractivity contribution in [1.29, 1.82) is 5.26 Å². The Balaban J connectivity index is 2.55. The minimum atomic E-state index is -1.18. The Morgan fingerprint density at radius 3 is 2.43 bits per heavy atom. The van der Waals surface area contributed by atoms with E-state index in [2.05, 4.69) is 38.4 Å². The lowest BCUT2D eigenvalue weighted by atomic mass is 9.97. The molecule has 1 heterocycles. The van der Waals surface area contributed by atoms with Crippen molar-refractivity contribution in [1.82, 2.24) is 4.67 Å². The van der Waals surface area contributed by atoms with Gasteiger partial charge in [0.15, 0.2) is 0 Å². The van der Waals surface area contributed by atoms with Crippen molar-refractivity contribution in [2.24, 2.45) is 0 Å². The van der Waals surface area contributed by atoms with E-state index in [1.165, 1.54) is 0 Å². The first-order chi connectivity index (χ1) is 9.95. The second kappa shape index (κ2) is 9.76. The van der Waals surface area contributed by atoms with Crippen molar-refractivity contribution in [2.45, 2.75) is 71.1 Å². The molecule has 0 aromatic rings. The Bertz CT molecular complexity index is 331. The van der Waals surface area contributed by atoms with E-state index in [0.717, 1.165) is 12.8 Å². The van der Waals surface area contributed by atoms with E-state index in [-0.39, 0.29) is 12.1 Å². The Hall–Kier alpha value is -0.175. The molecule has 3 atom stereocenters. The van der Waals surface area contributed by atoms with Gasteiger partial charge >= 0.3 is 0 Å². The fraction of sp³-hybridized carbons (Fsp3) is 0.929. The van der Waals surface area contributed by atoms with Gasteiger partial charge in [-0.25, -0.2) is 4.67 Å². The summed E-state index contributed by atoms with van der Waals surface area (Å²) in [5.41, 5.74) is 0. The van der Waals surface area contributed by atoms with E-state index < -0.39 is 8.53 Å². The molecular formula is C14H26BN2O3P. The molecule has 1 fully saturated rings. The normalized spacial score (nSPS) is 23.9. The van der Waals surface area contributed by atoms with E-state index >= 15 is 0 Å². The highest BCUT2D eigenvalue weighted by atomic mass is 31.2. The van der Waals surface area contributed by atoms with Crippen LogP contribution in [0, 0.1) is 11.3 Å². The Morgan fingerprint density at radius 2 is 1.95 bits per heavy atom. The monoisotopic (exact) mass is 312 g/mol. The molecule has 7 heteroatoms. The van der Waals surface area contributed by atoms with Crippen molar-refractivity contribution in [3.05, 3.63) is 0 Å². The summed E-state index contributed by atoms with van der Waals surface area (Å²) in [5.74, 6) is 0. The highest BCUT2D eigenvalue weighted by molar-refractivity contribution is 7.44.